The Bertz CT molecular complexity index is 1030. The number of imidazole rings is 1. The van der Waals surface area contributed by atoms with Gasteiger partial charge >= 0.3 is 5.69 Å². The maximum Gasteiger partial charge on any atom is 0.326 e. The average molecular weight is 381 g/mol. The van der Waals surface area contributed by atoms with Gasteiger partial charge in [0.1, 0.15) is 0 Å². The van der Waals surface area contributed by atoms with E-state index < -0.39 is 0 Å². The molecule has 1 N–H and O–H groups in total. The number of likely N-dealkylation sites (tertiary alicyclic amines) is 1. The van der Waals surface area contributed by atoms with Crippen LogP contribution in [-0.2, 0) is 4.79 Å². The topological polar surface area (TPSA) is 76.6 Å². The summed E-state index contributed by atoms with van der Waals surface area (Å²) in [6, 6.07) is 15.0. The second-order valence-electron chi connectivity index (χ2n) is 6.87. The maximum absolute atomic E-state index is 12.5. The van der Waals surface area contributed by atoms with Crippen molar-refractivity contribution >= 4 is 16.9 Å². The van der Waals surface area contributed by atoms with E-state index in [1.54, 1.807) is 24.1 Å². The fourth-order valence-electron chi connectivity index (χ4n) is 3.78. The first-order valence-electron chi connectivity index (χ1n) is 9.40. The van der Waals surface area contributed by atoms with Gasteiger partial charge in [-0.2, -0.15) is 0 Å². The van der Waals surface area contributed by atoms with Crippen LogP contribution in [0.1, 0.15) is 18.9 Å². The van der Waals surface area contributed by atoms with E-state index in [-0.39, 0.29) is 24.2 Å². The van der Waals surface area contributed by atoms with E-state index in [0.717, 1.165) is 23.9 Å². The highest BCUT2D eigenvalue weighted by molar-refractivity contribution is 5.78. The molecule has 2 aromatic carbocycles. The zero-order valence-electron chi connectivity index (χ0n) is 15.8. The zero-order valence-corrected chi connectivity index (χ0v) is 15.8. The van der Waals surface area contributed by atoms with Crippen molar-refractivity contribution in [3.63, 3.8) is 0 Å². The number of aromatic amines is 1. The molecule has 0 atom stereocenters. The molecule has 28 heavy (non-hydrogen) atoms. The molecule has 1 amide bonds. The highest BCUT2D eigenvalue weighted by Crippen LogP contribution is 2.27. The van der Waals surface area contributed by atoms with Crippen LogP contribution in [0.15, 0.2) is 53.3 Å². The molecule has 0 spiro atoms. The molecule has 1 aliphatic heterocycles. The Balaban J connectivity index is 1.38. The molecule has 3 aromatic rings. The van der Waals surface area contributed by atoms with Crippen molar-refractivity contribution in [3.8, 4) is 11.5 Å². The third-order valence-electron chi connectivity index (χ3n) is 5.23. The number of methoxy groups -OCH3 is 1. The van der Waals surface area contributed by atoms with Gasteiger partial charge in [-0.25, -0.2) is 4.79 Å². The SMILES string of the molecule is COc1ccccc1OCC(=O)N1CCC(n2c(=O)[nH]c3ccccc32)CC1. The van der Waals surface area contributed by atoms with Gasteiger partial charge < -0.3 is 19.4 Å². The molecular formula is C21H23N3O4. The summed E-state index contributed by atoms with van der Waals surface area (Å²) < 4.78 is 12.7. The Morgan fingerprint density at radius 3 is 2.50 bits per heavy atom. The van der Waals surface area contributed by atoms with Gasteiger partial charge in [0, 0.05) is 19.1 Å². The third-order valence-corrected chi connectivity index (χ3v) is 5.23. The molecule has 0 radical (unpaired) electrons. The van der Waals surface area contributed by atoms with Crippen LogP contribution in [0.4, 0.5) is 0 Å². The number of hydrogen-bond donors (Lipinski definition) is 1. The quantitative estimate of drug-likeness (QED) is 0.737. The Kier molecular flexibility index (Phi) is 5.06. The smallest absolute Gasteiger partial charge is 0.326 e. The molecule has 0 saturated carbocycles. The first kappa shape index (κ1) is 18.2. The molecule has 2 heterocycles. The number of hydrogen-bond acceptors (Lipinski definition) is 4. The first-order valence-corrected chi connectivity index (χ1v) is 9.40. The van der Waals surface area contributed by atoms with E-state index in [0.29, 0.717) is 24.6 Å². The second kappa shape index (κ2) is 7.80. The second-order valence-corrected chi connectivity index (χ2v) is 6.87. The monoisotopic (exact) mass is 381 g/mol. The fraction of sp³-hybridized carbons (Fsp3) is 0.333. The van der Waals surface area contributed by atoms with Crippen molar-refractivity contribution in [2.24, 2.45) is 0 Å². The number of para-hydroxylation sites is 4. The maximum atomic E-state index is 12.5. The summed E-state index contributed by atoms with van der Waals surface area (Å²) in [5.41, 5.74) is 1.67. The number of benzene rings is 2. The molecule has 7 nitrogen and oxygen atoms in total. The number of nitrogens with one attached hydrogen (secondary N) is 1. The zero-order chi connectivity index (χ0) is 19.5. The lowest BCUT2D eigenvalue weighted by molar-refractivity contribution is -0.134. The number of fused-ring (bicyclic) bond motifs is 1. The minimum Gasteiger partial charge on any atom is -0.493 e. The number of aromatic nitrogens is 2. The molecule has 4 rings (SSSR count). The number of carbonyl (C=O) groups is 1. The summed E-state index contributed by atoms with van der Waals surface area (Å²) in [6.07, 6.45) is 1.48. The number of piperidine rings is 1. The summed E-state index contributed by atoms with van der Waals surface area (Å²) in [6.45, 7) is 1.17. The summed E-state index contributed by atoms with van der Waals surface area (Å²) in [5.74, 6) is 1.10. The van der Waals surface area contributed by atoms with E-state index in [9.17, 15) is 9.59 Å². The predicted molar refractivity (Wildman–Crippen MR) is 106 cm³/mol. The highest BCUT2D eigenvalue weighted by atomic mass is 16.5. The van der Waals surface area contributed by atoms with Crippen LogP contribution in [0.3, 0.4) is 0 Å². The number of ether oxygens (including phenoxy) is 2. The standard InChI is InChI=1S/C21H23N3O4/c1-27-18-8-4-5-9-19(18)28-14-20(25)23-12-10-15(11-13-23)24-17-7-3-2-6-16(17)22-21(24)26/h2-9,15H,10-14H2,1H3,(H,22,26). The van der Waals surface area contributed by atoms with Crippen LogP contribution in [-0.4, -0.2) is 47.2 Å². The van der Waals surface area contributed by atoms with E-state index >= 15 is 0 Å². The Morgan fingerprint density at radius 1 is 1.07 bits per heavy atom. The van der Waals surface area contributed by atoms with E-state index in [2.05, 4.69) is 4.98 Å². The summed E-state index contributed by atoms with van der Waals surface area (Å²) in [4.78, 5) is 29.6. The Labute approximate surface area is 162 Å². The van der Waals surface area contributed by atoms with Crippen LogP contribution in [0.2, 0.25) is 0 Å². The average Bonchev–Trinajstić information content (AvgIpc) is 3.08. The molecule has 0 unspecified atom stereocenters. The number of H-pyrrole nitrogens is 1. The van der Waals surface area contributed by atoms with Crippen LogP contribution >= 0.6 is 0 Å². The molecule has 1 aromatic heterocycles. The predicted octanol–water partition coefficient (Wildman–Crippen LogP) is 2.58. The Hall–Kier alpha value is -3.22. The van der Waals surface area contributed by atoms with Gasteiger partial charge in [-0.15, -0.1) is 0 Å². The highest BCUT2D eigenvalue weighted by Gasteiger charge is 2.26. The minimum atomic E-state index is -0.0921. The summed E-state index contributed by atoms with van der Waals surface area (Å²) in [5, 5.41) is 0. The number of amides is 1. The molecule has 1 fully saturated rings. The van der Waals surface area contributed by atoms with Gasteiger partial charge in [0.25, 0.3) is 5.91 Å². The number of rotatable bonds is 5. The van der Waals surface area contributed by atoms with Crippen molar-refractivity contribution in [1.29, 1.82) is 0 Å². The Morgan fingerprint density at radius 2 is 1.75 bits per heavy atom. The lowest BCUT2D eigenvalue weighted by atomic mass is 10.0. The lowest BCUT2D eigenvalue weighted by Crippen LogP contribution is -2.42. The number of carbonyl (C=O) groups excluding carboxylic acids is 1. The van der Waals surface area contributed by atoms with Crippen LogP contribution in [0, 0.1) is 0 Å². The molecule has 1 saturated heterocycles. The van der Waals surface area contributed by atoms with Crippen LogP contribution in [0.5, 0.6) is 11.5 Å². The van der Waals surface area contributed by atoms with Crippen molar-refractivity contribution in [2.45, 2.75) is 18.9 Å². The lowest BCUT2D eigenvalue weighted by Gasteiger charge is -2.32. The van der Waals surface area contributed by atoms with Crippen molar-refractivity contribution in [3.05, 3.63) is 59.0 Å². The minimum absolute atomic E-state index is 0.0297. The van der Waals surface area contributed by atoms with Gasteiger partial charge in [-0.05, 0) is 37.1 Å². The van der Waals surface area contributed by atoms with Crippen molar-refractivity contribution in [2.75, 3.05) is 26.8 Å². The van der Waals surface area contributed by atoms with Crippen LogP contribution < -0.4 is 15.2 Å². The molecule has 0 aliphatic carbocycles. The van der Waals surface area contributed by atoms with Gasteiger partial charge in [-0.1, -0.05) is 24.3 Å². The molecule has 146 valence electrons. The van der Waals surface area contributed by atoms with E-state index in [1.807, 2.05) is 41.0 Å². The normalized spacial score (nSPS) is 15.0. The van der Waals surface area contributed by atoms with Gasteiger partial charge in [0.2, 0.25) is 0 Å². The molecule has 7 heteroatoms. The summed E-state index contributed by atoms with van der Waals surface area (Å²) >= 11 is 0. The van der Waals surface area contributed by atoms with E-state index in [1.165, 1.54) is 0 Å². The van der Waals surface area contributed by atoms with Crippen molar-refractivity contribution < 1.29 is 14.3 Å². The first-order chi connectivity index (χ1) is 13.7. The van der Waals surface area contributed by atoms with Gasteiger partial charge in [-0.3, -0.25) is 9.36 Å². The van der Waals surface area contributed by atoms with Gasteiger partial charge in [0.15, 0.2) is 18.1 Å². The number of nitrogens with zero attached hydrogens (tertiary/aromatic N) is 2. The van der Waals surface area contributed by atoms with Crippen LogP contribution in [0.25, 0.3) is 11.0 Å². The summed E-state index contributed by atoms with van der Waals surface area (Å²) in [7, 11) is 1.57. The largest absolute Gasteiger partial charge is 0.493 e. The third kappa shape index (κ3) is 3.47. The van der Waals surface area contributed by atoms with E-state index in [4.69, 9.17) is 9.47 Å². The molecular weight excluding hydrogens is 358 g/mol. The molecule has 1 aliphatic rings. The fourth-order valence-corrected chi connectivity index (χ4v) is 3.78. The molecule has 0 bridgehead atoms. The van der Waals surface area contributed by atoms with Crippen molar-refractivity contribution in [1.82, 2.24) is 14.5 Å². The van der Waals surface area contributed by atoms with Gasteiger partial charge in [0.05, 0.1) is 18.1 Å².